The van der Waals surface area contributed by atoms with E-state index in [0.29, 0.717) is 13.0 Å². The standard InChI is InChI=1S/C9H11N3O/c13-9-2-1-5-12(9)7-8-3-4-10-11-6-8/h3-4,6H,1-2,5,7H2. The maximum absolute atomic E-state index is 11.3. The van der Waals surface area contributed by atoms with Gasteiger partial charge in [-0.05, 0) is 18.1 Å². The van der Waals surface area contributed by atoms with Crippen molar-refractivity contribution < 1.29 is 4.79 Å². The number of hydrogen-bond acceptors (Lipinski definition) is 3. The summed E-state index contributed by atoms with van der Waals surface area (Å²) in [5.74, 6) is 0.247. The van der Waals surface area contributed by atoms with Crippen LogP contribution in [0.1, 0.15) is 18.4 Å². The Morgan fingerprint density at radius 1 is 1.46 bits per heavy atom. The molecule has 0 unspecified atom stereocenters. The third-order valence-electron chi connectivity index (χ3n) is 2.19. The summed E-state index contributed by atoms with van der Waals surface area (Å²) >= 11 is 0. The molecule has 2 rings (SSSR count). The summed E-state index contributed by atoms with van der Waals surface area (Å²) in [5.41, 5.74) is 1.05. The van der Waals surface area contributed by atoms with Crippen molar-refractivity contribution in [2.75, 3.05) is 6.54 Å². The van der Waals surface area contributed by atoms with Crippen molar-refractivity contribution >= 4 is 5.91 Å². The zero-order chi connectivity index (χ0) is 9.10. The van der Waals surface area contributed by atoms with Gasteiger partial charge >= 0.3 is 0 Å². The Hall–Kier alpha value is -1.45. The van der Waals surface area contributed by atoms with Crippen molar-refractivity contribution in [1.82, 2.24) is 15.1 Å². The van der Waals surface area contributed by atoms with Crippen LogP contribution in [0, 0.1) is 0 Å². The lowest BCUT2D eigenvalue weighted by Gasteiger charge is -2.14. The van der Waals surface area contributed by atoms with E-state index in [-0.39, 0.29) is 5.91 Å². The second kappa shape index (κ2) is 3.51. The summed E-state index contributed by atoms with van der Waals surface area (Å²) in [6, 6.07) is 1.89. The predicted octanol–water partition coefficient (Wildman–Crippen LogP) is 0.599. The van der Waals surface area contributed by atoms with Gasteiger partial charge in [-0.25, -0.2) is 0 Å². The van der Waals surface area contributed by atoms with Gasteiger partial charge in [-0.15, -0.1) is 0 Å². The van der Waals surface area contributed by atoms with Gasteiger partial charge in [0.15, 0.2) is 0 Å². The van der Waals surface area contributed by atoms with Crippen LogP contribution >= 0.6 is 0 Å². The molecule has 1 aromatic rings. The highest BCUT2D eigenvalue weighted by Crippen LogP contribution is 2.12. The van der Waals surface area contributed by atoms with E-state index in [1.165, 1.54) is 0 Å². The molecule has 0 radical (unpaired) electrons. The molecule has 0 aliphatic carbocycles. The molecule has 0 N–H and O–H groups in total. The van der Waals surface area contributed by atoms with E-state index < -0.39 is 0 Å². The SMILES string of the molecule is O=C1CCCN1Cc1ccnnc1. The Balaban J connectivity index is 2.02. The summed E-state index contributed by atoms with van der Waals surface area (Å²) in [5, 5.41) is 7.45. The minimum absolute atomic E-state index is 0.247. The number of carbonyl (C=O) groups excluding carboxylic acids is 1. The molecule has 1 saturated heterocycles. The van der Waals surface area contributed by atoms with Crippen LogP contribution in [0.4, 0.5) is 0 Å². The second-order valence-corrected chi connectivity index (χ2v) is 3.17. The van der Waals surface area contributed by atoms with Gasteiger partial charge in [0.2, 0.25) is 5.91 Å². The number of rotatable bonds is 2. The first kappa shape index (κ1) is 8.16. The lowest BCUT2D eigenvalue weighted by Crippen LogP contribution is -2.23. The van der Waals surface area contributed by atoms with Crippen LogP contribution in [0.3, 0.4) is 0 Å². The van der Waals surface area contributed by atoms with Crippen molar-refractivity contribution in [1.29, 1.82) is 0 Å². The zero-order valence-corrected chi connectivity index (χ0v) is 7.31. The number of carbonyl (C=O) groups is 1. The van der Waals surface area contributed by atoms with Gasteiger partial charge in [-0.3, -0.25) is 4.79 Å². The summed E-state index contributed by atoms with van der Waals surface area (Å²) in [6.07, 6.45) is 5.03. The van der Waals surface area contributed by atoms with Gasteiger partial charge in [0.1, 0.15) is 0 Å². The molecular weight excluding hydrogens is 166 g/mol. The van der Waals surface area contributed by atoms with Crippen LogP contribution in [0.2, 0.25) is 0 Å². The van der Waals surface area contributed by atoms with Crippen molar-refractivity contribution in [3.8, 4) is 0 Å². The molecule has 4 nitrogen and oxygen atoms in total. The number of amides is 1. The molecule has 1 aromatic heterocycles. The van der Waals surface area contributed by atoms with E-state index in [1.807, 2.05) is 11.0 Å². The molecule has 0 spiro atoms. The molecule has 13 heavy (non-hydrogen) atoms. The normalized spacial score (nSPS) is 16.6. The fraction of sp³-hybridized carbons (Fsp3) is 0.444. The molecule has 1 fully saturated rings. The highest BCUT2D eigenvalue weighted by Gasteiger charge is 2.19. The maximum Gasteiger partial charge on any atom is 0.222 e. The summed E-state index contributed by atoms with van der Waals surface area (Å²) < 4.78 is 0. The van der Waals surface area contributed by atoms with Crippen molar-refractivity contribution in [2.45, 2.75) is 19.4 Å². The van der Waals surface area contributed by atoms with Crippen molar-refractivity contribution in [2.24, 2.45) is 0 Å². The molecule has 0 bridgehead atoms. The van der Waals surface area contributed by atoms with Crippen molar-refractivity contribution in [3.05, 3.63) is 24.0 Å². The van der Waals surface area contributed by atoms with E-state index >= 15 is 0 Å². The summed E-state index contributed by atoms with van der Waals surface area (Å²) in [7, 11) is 0. The first-order chi connectivity index (χ1) is 6.36. The van der Waals surface area contributed by atoms with Crippen molar-refractivity contribution in [3.63, 3.8) is 0 Å². The Morgan fingerprint density at radius 2 is 2.38 bits per heavy atom. The lowest BCUT2D eigenvalue weighted by molar-refractivity contribution is -0.128. The number of nitrogens with zero attached hydrogens (tertiary/aromatic N) is 3. The molecule has 0 atom stereocenters. The quantitative estimate of drug-likeness (QED) is 0.664. The van der Waals surface area contributed by atoms with E-state index in [9.17, 15) is 4.79 Å². The van der Waals surface area contributed by atoms with Crippen LogP contribution < -0.4 is 0 Å². The summed E-state index contributed by atoms with van der Waals surface area (Å²) in [6.45, 7) is 1.55. The Labute approximate surface area is 76.6 Å². The molecule has 4 heteroatoms. The summed E-state index contributed by atoms with van der Waals surface area (Å²) in [4.78, 5) is 13.1. The molecule has 0 saturated carbocycles. The van der Waals surface area contributed by atoms with Crippen LogP contribution in [0.25, 0.3) is 0 Å². The minimum Gasteiger partial charge on any atom is -0.338 e. The fourth-order valence-corrected chi connectivity index (χ4v) is 1.50. The Kier molecular flexibility index (Phi) is 2.21. The molecule has 0 aromatic carbocycles. The zero-order valence-electron chi connectivity index (χ0n) is 7.31. The third-order valence-corrected chi connectivity index (χ3v) is 2.19. The monoisotopic (exact) mass is 177 g/mol. The first-order valence-corrected chi connectivity index (χ1v) is 4.39. The van der Waals surface area contributed by atoms with Gasteiger partial charge in [-0.2, -0.15) is 10.2 Å². The van der Waals surface area contributed by atoms with E-state index in [1.54, 1.807) is 12.4 Å². The molecule has 1 aliphatic rings. The first-order valence-electron chi connectivity index (χ1n) is 4.39. The smallest absolute Gasteiger partial charge is 0.222 e. The Morgan fingerprint density at radius 3 is 3.00 bits per heavy atom. The highest BCUT2D eigenvalue weighted by atomic mass is 16.2. The molecule has 1 aliphatic heterocycles. The molecular formula is C9H11N3O. The predicted molar refractivity (Wildman–Crippen MR) is 46.7 cm³/mol. The topological polar surface area (TPSA) is 46.1 Å². The lowest BCUT2D eigenvalue weighted by atomic mass is 10.3. The third kappa shape index (κ3) is 1.83. The Bertz CT molecular complexity index is 299. The van der Waals surface area contributed by atoms with Gasteiger partial charge < -0.3 is 4.90 Å². The largest absolute Gasteiger partial charge is 0.338 e. The van der Waals surface area contributed by atoms with Crippen LogP contribution in [0.15, 0.2) is 18.5 Å². The van der Waals surface area contributed by atoms with Crippen LogP contribution in [-0.2, 0) is 11.3 Å². The van der Waals surface area contributed by atoms with Crippen LogP contribution in [0.5, 0.6) is 0 Å². The van der Waals surface area contributed by atoms with Gasteiger partial charge in [-0.1, -0.05) is 0 Å². The van der Waals surface area contributed by atoms with E-state index in [4.69, 9.17) is 0 Å². The van der Waals surface area contributed by atoms with Gasteiger partial charge in [0, 0.05) is 25.7 Å². The van der Waals surface area contributed by atoms with Gasteiger partial charge in [0.25, 0.3) is 0 Å². The van der Waals surface area contributed by atoms with Crippen LogP contribution in [-0.4, -0.2) is 27.5 Å². The fourth-order valence-electron chi connectivity index (χ4n) is 1.50. The number of likely N-dealkylation sites (tertiary alicyclic amines) is 1. The minimum atomic E-state index is 0.247. The number of aromatic nitrogens is 2. The molecule has 68 valence electrons. The molecule has 2 heterocycles. The average molecular weight is 177 g/mol. The van der Waals surface area contributed by atoms with E-state index in [0.717, 1.165) is 18.5 Å². The molecule has 1 amide bonds. The maximum atomic E-state index is 11.3. The highest BCUT2D eigenvalue weighted by molar-refractivity contribution is 5.78. The second-order valence-electron chi connectivity index (χ2n) is 3.17. The number of hydrogen-bond donors (Lipinski definition) is 0. The van der Waals surface area contributed by atoms with Gasteiger partial charge in [0.05, 0.1) is 6.20 Å². The average Bonchev–Trinajstić information content (AvgIpc) is 2.54. The van der Waals surface area contributed by atoms with E-state index in [2.05, 4.69) is 10.2 Å².